The van der Waals surface area contributed by atoms with Crippen LogP contribution in [0.5, 0.6) is 5.88 Å². The van der Waals surface area contributed by atoms with Crippen LogP contribution < -0.4 is 4.74 Å². The molecule has 0 amide bonds. The molecule has 26 heavy (non-hydrogen) atoms. The third-order valence-corrected chi connectivity index (χ3v) is 5.30. The molecule has 0 saturated heterocycles. The van der Waals surface area contributed by atoms with Gasteiger partial charge in [0.25, 0.3) is 0 Å². The van der Waals surface area contributed by atoms with Crippen LogP contribution in [0, 0.1) is 5.92 Å². The van der Waals surface area contributed by atoms with E-state index in [0.29, 0.717) is 11.8 Å². The molecule has 1 saturated carbocycles. The Bertz CT molecular complexity index is 1040. The lowest BCUT2D eigenvalue weighted by Crippen LogP contribution is -2.13. The molecular formula is C18H19N7O. The molecule has 0 aliphatic heterocycles. The zero-order chi connectivity index (χ0) is 17.5. The highest BCUT2D eigenvalue weighted by molar-refractivity contribution is 5.74. The summed E-state index contributed by atoms with van der Waals surface area (Å²) in [5, 5.41) is 8.87. The maximum Gasteiger partial charge on any atom is 0.232 e. The normalized spacial score (nSPS) is 23.0. The number of H-pyrrole nitrogens is 1. The van der Waals surface area contributed by atoms with Crippen molar-refractivity contribution >= 4 is 16.8 Å². The number of aromatic nitrogens is 7. The Hall–Kier alpha value is -3.03. The minimum Gasteiger partial charge on any atom is -0.473 e. The first kappa shape index (κ1) is 15.2. The van der Waals surface area contributed by atoms with Crippen molar-refractivity contribution in [2.75, 3.05) is 0 Å². The number of ether oxygens (including phenoxy) is 1. The van der Waals surface area contributed by atoms with Gasteiger partial charge in [-0.15, -0.1) is 10.2 Å². The minimum atomic E-state index is 0.109. The van der Waals surface area contributed by atoms with Crippen LogP contribution in [0.25, 0.3) is 16.8 Å². The molecule has 8 nitrogen and oxygen atoms in total. The van der Waals surface area contributed by atoms with Crippen LogP contribution >= 0.6 is 0 Å². The molecule has 0 bridgehead atoms. The van der Waals surface area contributed by atoms with Crippen molar-refractivity contribution in [2.45, 2.75) is 38.2 Å². The van der Waals surface area contributed by atoms with Crippen molar-refractivity contribution in [1.82, 2.24) is 34.5 Å². The van der Waals surface area contributed by atoms with E-state index >= 15 is 0 Å². The summed E-state index contributed by atoms with van der Waals surface area (Å²) in [6, 6.07) is 2.02. The number of aromatic amines is 1. The third kappa shape index (κ3) is 2.40. The summed E-state index contributed by atoms with van der Waals surface area (Å²) in [6.07, 6.45) is 11.7. The number of hydrogen-bond acceptors (Lipinski definition) is 6. The van der Waals surface area contributed by atoms with Gasteiger partial charge in [0.2, 0.25) is 5.88 Å². The SMILES string of the molecule is CC[C@@H]1C[C@@H](Oc2cnccn2)C[C@@H]1c1nnc2cnc3[nH]ccc3n12. The second-order valence-electron chi connectivity index (χ2n) is 6.75. The molecule has 1 aliphatic rings. The molecule has 4 aromatic rings. The summed E-state index contributed by atoms with van der Waals surface area (Å²) < 4.78 is 8.19. The minimum absolute atomic E-state index is 0.109. The Labute approximate surface area is 149 Å². The van der Waals surface area contributed by atoms with E-state index in [1.54, 1.807) is 24.8 Å². The monoisotopic (exact) mass is 349 g/mol. The predicted molar refractivity (Wildman–Crippen MR) is 94.8 cm³/mol. The standard InChI is InChI=1S/C18H19N7O/c1-2-11-7-12(26-16-10-19-5-6-20-16)8-13(11)18-24-23-15-9-22-17-14(25(15)18)3-4-21-17/h3-6,9-13,21H,2,7-8H2,1H3/t11-,12-,13+/m1/s1. The van der Waals surface area contributed by atoms with E-state index in [1.807, 2.05) is 12.3 Å². The van der Waals surface area contributed by atoms with Crippen LogP contribution in [-0.4, -0.2) is 40.6 Å². The summed E-state index contributed by atoms with van der Waals surface area (Å²) in [7, 11) is 0. The van der Waals surface area contributed by atoms with Crippen LogP contribution in [-0.2, 0) is 0 Å². The van der Waals surface area contributed by atoms with Crippen molar-refractivity contribution in [2.24, 2.45) is 5.92 Å². The van der Waals surface area contributed by atoms with Crippen LogP contribution in [0.2, 0.25) is 0 Å². The molecule has 132 valence electrons. The van der Waals surface area contributed by atoms with E-state index in [0.717, 1.165) is 41.9 Å². The molecule has 1 aliphatic carbocycles. The van der Waals surface area contributed by atoms with Gasteiger partial charge < -0.3 is 9.72 Å². The van der Waals surface area contributed by atoms with E-state index in [2.05, 4.69) is 41.5 Å². The molecule has 0 unspecified atom stereocenters. The lowest BCUT2D eigenvalue weighted by Gasteiger charge is -2.15. The van der Waals surface area contributed by atoms with Gasteiger partial charge in [-0.05, 0) is 24.8 Å². The smallest absolute Gasteiger partial charge is 0.232 e. The average Bonchev–Trinajstić information content (AvgIpc) is 3.39. The molecule has 5 rings (SSSR count). The maximum absolute atomic E-state index is 6.07. The fourth-order valence-electron chi connectivity index (χ4n) is 4.09. The third-order valence-electron chi connectivity index (χ3n) is 5.30. The first-order valence-electron chi connectivity index (χ1n) is 8.93. The molecule has 1 N–H and O–H groups in total. The summed E-state index contributed by atoms with van der Waals surface area (Å²) in [5.74, 6) is 2.35. The van der Waals surface area contributed by atoms with Crippen molar-refractivity contribution in [3.63, 3.8) is 0 Å². The van der Waals surface area contributed by atoms with Crippen LogP contribution in [0.15, 0.2) is 37.1 Å². The van der Waals surface area contributed by atoms with Crippen molar-refractivity contribution in [3.8, 4) is 5.88 Å². The van der Waals surface area contributed by atoms with Gasteiger partial charge in [-0.2, -0.15) is 0 Å². The Morgan fingerprint density at radius 3 is 3.00 bits per heavy atom. The number of fused-ring (bicyclic) bond motifs is 3. The van der Waals surface area contributed by atoms with E-state index in [-0.39, 0.29) is 12.0 Å². The van der Waals surface area contributed by atoms with Crippen molar-refractivity contribution in [1.29, 1.82) is 0 Å². The summed E-state index contributed by atoms with van der Waals surface area (Å²) >= 11 is 0. The zero-order valence-electron chi connectivity index (χ0n) is 14.4. The molecule has 3 atom stereocenters. The quantitative estimate of drug-likeness (QED) is 0.609. The van der Waals surface area contributed by atoms with Crippen LogP contribution in [0.1, 0.15) is 37.9 Å². The van der Waals surface area contributed by atoms with Gasteiger partial charge in [-0.3, -0.25) is 9.38 Å². The topological polar surface area (TPSA) is 93.9 Å². The first-order chi connectivity index (χ1) is 12.8. The number of rotatable bonds is 4. The predicted octanol–water partition coefficient (Wildman–Crippen LogP) is 2.75. The molecule has 0 spiro atoms. The Kier molecular flexibility index (Phi) is 3.55. The van der Waals surface area contributed by atoms with Gasteiger partial charge >= 0.3 is 0 Å². The van der Waals surface area contributed by atoms with Crippen molar-refractivity contribution in [3.05, 3.63) is 42.9 Å². The van der Waals surface area contributed by atoms with E-state index < -0.39 is 0 Å². The van der Waals surface area contributed by atoms with Crippen LogP contribution in [0.3, 0.4) is 0 Å². The van der Waals surface area contributed by atoms with Crippen molar-refractivity contribution < 1.29 is 4.74 Å². The average molecular weight is 349 g/mol. The second kappa shape index (κ2) is 6.05. The zero-order valence-corrected chi connectivity index (χ0v) is 14.4. The highest BCUT2D eigenvalue weighted by Gasteiger charge is 2.38. The Balaban J connectivity index is 1.51. The highest BCUT2D eigenvalue weighted by Crippen LogP contribution is 2.42. The summed E-state index contributed by atoms with van der Waals surface area (Å²) in [6.45, 7) is 2.22. The van der Waals surface area contributed by atoms with Gasteiger partial charge in [-0.1, -0.05) is 13.3 Å². The first-order valence-corrected chi connectivity index (χ1v) is 8.93. The summed E-state index contributed by atoms with van der Waals surface area (Å²) in [5.41, 5.74) is 2.63. The van der Waals surface area contributed by atoms with Gasteiger partial charge in [0.15, 0.2) is 11.3 Å². The van der Waals surface area contributed by atoms with Gasteiger partial charge in [-0.25, -0.2) is 9.97 Å². The molecule has 1 fully saturated rings. The van der Waals surface area contributed by atoms with E-state index in [4.69, 9.17) is 4.74 Å². The molecule has 4 aromatic heterocycles. The molecular weight excluding hydrogens is 330 g/mol. The van der Waals surface area contributed by atoms with E-state index in [9.17, 15) is 0 Å². The Morgan fingerprint density at radius 1 is 1.19 bits per heavy atom. The largest absolute Gasteiger partial charge is 0.473 e. The van der Waals surface area contributed by atoms with E-state index in [1.165, 1.54) is 0 Å². The maximum atomic E-state index is 6.07. The molecule has 4 heterocycles. The van der Waals surface area contributed by atoms with Crippen LogP contribution in [0.4, 0.5) is 0 Å². The molecule has 0 aromatic carbocycles. The van der Waals surface area contributed by atoms with Gasteiger partial charge in [0.05, 0.1) is 17.9 Å². The second-order valence-corrected chi connectivity index (χ2v) is 6.75. The summed E-state index contributed by atoms with van der Waals surface area (Å²) in [4.78, 5) is 15.9. The number of hydrogen-bond donors (Lipinski definition) is 1. The number of nitrogens with one attached hydrogen (secondary N) is 1. The lowest BCUT2D eigenvalue weighted by molar-refractivity contribution is 0.194. The molecule has 8 heteroatoms. The van der Waals surface area contributed by atoms with Gasteiger partial charge in [0, 0.05) is 24.5 Å². The fourth-order valence-corrected chi connectivity index (χ4v) is 4.09. The fraction of sp³-hybridized carbons (Fsp3) is 0.389. The lowest BCUT2D eigenvalue weighted by atomic mass is 9.93. The molecule has 0 radical (unpaired) electrons. The highest BCUT2D eigenvalue weighted by atomic mass is 16.5. The Morgan fingerprint density at radius 2 is 2.15 bits per heavy atom. The van der Waals surface area contributed by atoms with Gasteiger partial charge in [0.1, 0.15) is 11.9 Å². The number of nitrogens with zero attached hydrogens (tertiary/aromatic N) is 6.